The second kappa shape index (κ2) is 7.45. The summed E-state index contributed by atoms with van der Waals surface area (Å²) in [6.07, 6.45) is 15.1. The Morgan fingerprint density at radius 1 is 1.16 bits per heavy atom. The number of benzene rings is 1. The standard InChI is InChI=1S/C27H30N4/c1-17-6-5-8-20(18(17)2)13-31-14-25-26(15-31)28-16-29-27(25)30-22-10-19-7-3-4-9-23(19)24-12-21(24)11-22/h3-11,21,23-25H,12-16H2,1-2H3,(H,29,30). The first-order valence-electron chi connectivity index (χ1n) is 11.6. The molecular weight excluding hydrogens is 380 g/mol. The third kappa shape index (κ3) is 3.53. The molecule has 3 aliphatic carbocycles. The highest BCUT2D eigenvalue weighted by Gasteiger charge is 2.43. The van der Waals surface area contributed by atoms with E-state index in [9.17, 15) is 0 Å². The Morgan fingerprint density at radius 3 is 3.03 bits per heavy atom. The summed E-state index contributed by atoms with van der Waals surface area (Å²) in [5, 5.41) is 3.73. The minimum Gasteiger partial charge on any atom is -0.344 e. The largest absolute Gasteiger partial charge is 0.344 e. The topological polar surface area (TPSA) is 40.0 Å². The highest BCUT2D eigenvalue weighted by molar-refractivity contribution is 6.10. The summed E-state index contributed by atoms with van der Waals surface area (Å²) < 4.78 is 0. The normalized spacial score (nSPS) is 30.9. The van der Waals surface area contributed by atoms with Gasteiger partial charge in [0, 0.05) is 37.0 Å². The summed E-state index contributed by atoms with van der Waals surface area (Å²) in [5.41, 5.74) is 8.13. The van der Waals surface area contributed by atoms with E-state index in [1.54, 1.807) is 0 Å². The van der Waals surface area contributed by atoms with Crippen molar-refractivity contribution in [1.29, 1.82) is 0 Å². The average Bonchev–Trinajstić information content (AvgIpc) is 3.42. The van der Waals surface area contributed by atoms with Gasteiger partial charge in [-0.25, -0.2) is 4.99 Å². The Kier molecular flexibility index (Phi) is 4.57. The van der Waals surface area contributed by atoms with Gasteiger partial charge < -0.3 is 5.32 Å². The fraction of sp³-hybridized carbons (Fsp3) is 0.407. The van der Waals surface area contributed by atoms with Crippen molar-refractivity contribution in [2.75, 3.05) is 19.8 Å². The minimum atomic E-state index is 0.286. The second-order valence-corrected chi connectivity index (χ2v) is 9.64. The zero-order chi connectivity index (χ0) is 20.9. The van der Waals surface area contributed by atoms with Crippen LogP contribution in [0.4, 0.5) is 0 Å². The van der Waals surface area contributed by atoms with Gasteiger partial charge in [-0.3, -0.25) is 9.89 Å². The Balaban J connectivity index is 1.19. The molecule has 158 valence electrons. The van der Waals surface area contributed by atoms with Crippen LogP contribution in [0.15, 0.2) is 75.9 Å². The third-order valence-electron chi connectivity index (χ3n) is 7.63. The number of hydrogen-bond donors (Lipinski definition) is 1. The van der Waals surface area contributed by atoms with Gasteiger partial charge in [-0.05, 0) is 60.4 Å². The molecule has 5 aliphatic rings. The van der Waals surface area contributed by atoms with Crippen LogP contribution < -0.4 is 5.32 Å². The molecule has 0 spiro atoms. The highest BCUT2D eigenvalue weighted by atomic mass is 15.2. The lowest BCUT2D eigenvalue weighted by atomic mass is 9.90. The first-order valence-corrected chi connectivity index (χ1v) is 11.6. The van der Waals surface area contributed by atoms with Crippen molar-refractivity contribution in [2.24, 2.45) is 33.7 Å². The SMILES string of the molecule is Cc1cccc(CN2CC3=NCN=C(NC4=CC5CC5C5C=CC=CC5=C4)C3C2)c1C. The van der Waals surface area contributed by atoms with E-state index in [0.29, 0.717) is 18.5 Å². The fourth-order valence-corrected chi connectivity index (χ4v) is 5.59. The van der Waals surface area contributed by atoms with E-state index in [2.05, 4.69) is 78.7 Å². The van der Waals surface area contributed by atoms with Gasteiger partial charge in [0.1, 0.15) is 12.5 Å². The van der Waals surface area contributed by atoms with Crippen molar-refractivity contribution in [3.63, 3.8) is 0 Å². The molecule has 1 saturated heterocycles. The van der Waals surface area contributed by atoms with E-state index >= 15 is 0 Å². The van der Waals surface area contributed by atoms with Gasteiger partial charge in [-0.15, -0.1) is 0 Å². The van der Waals surface area contributed by atoms with Crippen LogP contribution >= 0.6 is 0 Å². The number of nitrogens with one attached hydrogen (secondary N) is 1. The number of likely N-dealkylation sites (tertiary alicyclic amines) is 1. The number of aryl methyl sites for hydroxylation is 1. The second-order valence-electron chi connectivity index (χ2n) is 9.64. The van der Waals surface area contributed by atoms with Crippen LogP contribution in [0.2, 0.25) is 0 Å². The molecule has 31 heavy (non-hydrogen) atoms. The molecule has 0 radical (unpaired) electrons. The van der Waals surface area contributed by atoms with Crippen molar-refractivity contribution in [1.82, 2.24) is 10.2 Å². The molecule has 2 fully saturated rings. The molecule has 4 heteroatoms. The molecule has 0 amide bonds. The Labute approximate surface area is 184 Å². The monoisotopic (exact) mass is 410 g/mol. The van der Waals surface area contributed by atoms with Gasteiger partial charge in [0.25, 0.3) is 0 Å². The molecule has 1 aromatic rings. The quantitative estimate of drug-likeness (QED) is 0.805. The lowest BCUT2D eigenvalue weighted by Crippen LogP contribution is -2.37. The van der Waals surface area contributed by atoms with E-state index < -0.39 is 0 Å². The predicted octanol–water partition coefficient (Wildman–Crippen LogP) is 4.34. The van der Waals surface area contributed by atoms with Crippen LogP contribution in [0.25, 0.3) is 0 Å². The Morgan fingerprint density at radius 2 is 2.10 bits per heavy atom. The number of allylic oxidation sites excluding steroid dienone is 7. The highest BCUT2D eigenvalue weighted by Crippen LogP contribution is 2.51. The smallest absolute Gasteiger partial charge is 0.131 e. The number of amidine groups is 1. The summed E-state index contributed by atoms with van der Waals surface area (Å²) in [7, 11) is 0. The number of nitrogens with zero attached hydrogens (tertiary/aromatic N) is 3. The molecule has 4 nitrogen and oxygen atoms in total. The van der Waals surface area contributed by atoms with Crippen LogP contribution in [-0.4, -0.2) is 36.2 Å². The van der Waals surface area contributed by atoms with Gasteiger partial charge in [-0.2, -0.15) is 0 Å². The van der Waals surface area contributed by atoms with Gasteiger partial charge in [0.15, 0.2) is 0 Å². The van der Waals surface area contributed by atoms with Gasteiger partial charge in [0.05, 0.1) is 5.92 Å². The first-order chi connectivity index (χ1) is 15.2. The Bertz CT molecular complexity index is 1100. The average molecular weight is 411 g/mol. The maximum absolute atomic E-state index is 4.80. The van der Waals surface area contributed by atoms with Crippen LogP contribution in [-0.2, 0) is 6.54 Å². The van der Waals surface area contributed by atoms with E-state index in [1.165, 1.54) is 40.1 Å². The third-order valence-corrected chi connectivity index (χ3v) is 7.63. The van der Waals surface area contributed by atoms with E-state index in [4.69, 9.17) is 9.98 Å². The fourth-order valence-electron chi connectivity index (χ4n) is 5.59. The van der Waals surface area contributed by atoms with Crippen LogP contribution in [0, 0.1) is 37.5 Å². The van der Waals surface area contributed by atoms with Crippen molar-refractivity contribution in [3.05, 3.63) is 82.6 Å². The molecular formula is C27H30N4. The molecule has 4 atom stereocenters. The van der Waals surface area contributed by atoms with Gasteiger partial charge in [0.2, 0.25) is 0 Å². The molecule has 6 rings (SSSR count). The Hall–Kier alpha value is -2.72. The predicted molar refractivity (Wildman–Crippen MR) is 127 cm³/mol. The zero-order valence-electron chi connectivity index (χ0n) is 18.4. The molecule has 0 aromatic heterocycles. The summed E-state index contributed by atoms with van der Waals surface area (Å²) in [4.78, 5) is 12.1. The van der Waals surface area contributed by atoms with Crippen LogP contribution in [0.5, 0.6) is 0 Å². The van der Waals surface area contributed by atoms with Gasteiger partial charge in [-0.1, -0.05) is 48.6 Å². The van der Waals surface area contributed by atoms with Crippen LogP contribution in [0.1, 0.15) is 23.1 Å². The molecule has 1 saturated carbocycles. The lowest BCUT2D eigenvalue weighted by molar-refractivity contribution is 0.330. The van der Waals surface area contributed by atoms with E-state index in [0.717, 1.165) is 31.4 Å². The minimum absolute atomic E-state index is 0.286. The van der Waals surface area contributed by atoms with Gasteiger partial charge >= 0.3 is 0 Å². The summed E-state index contributed by atoms with van der Waals surface area (Å²) in [6, 6.07) is 6.63. The summed E-state index contributed by atoms with van der Waals surface area (Å²) >= 11 is 0. The molecule has 1 aromatic carbocycles. The molecule has 1 N–H and O–H groups in total. The zero-order valence-corrected chi connectivity index (χ0v) is 18.4. The van der Waals surface area contributed by atoms with Crippen LogP contribution in [0.3, 0.4) is 0 Å². The molecule has 2 aliphatic heterocycles. The molecule has 0 bridgehead atoms. The summed E-state index contributed by atoms with van der Waals surface area (Å²) in [6.45, 7) is 7.89. The first kappa shape index (κ1) is 19.0. The van der Waals surface area contributed by atoms with E-state index in [-0.39, 0.29) is 5.92 Å². The maximum Gasteiger partial charge on any atom is 0.131 e. The van der Waals surface area contributed by atoms with Crippen molar-refractivity contribution < 1.29 is 0 Å². The summed E-state index contributed by atoms with van der Waals surface area (Å²) in [5.74, 6) is 3.43. The number of aliphatic imine (C=N–C) groups is 2. The number of fused-ring (bicyclic) bond motifs is 4. The van der Waals surface area contributed by atoms with Crippen molar-refractivity contribution in [2.45, 2.75) is 26.8 Å². The van der Waals surface area contributed by atoms with Crippen molar-refractivity contribution >= 4 is 11.5 Å². The van der Waals surface area contributed by atoms with Crippen molar-refractivity contribution in [3.8, 4) is 0 Å². The molecule has 2 heterocycles. The number of rotatable bonds is 3. The molecule has 4 unspecified atom stereocenters. The van der Waals surface area contributed by atoms with E-state index in [1.807, 2.05) is 0 Å². The number of hydrogen-bond acceptors (Lipinski definition) is 4. The maximum atomic E-state index is 4.80. The lowest BCUT2D eigenvalue weighted by Gasteiger charge is -2.21.